The molecule has 0 unspecified atom stereocenters. The molecule has 0 N–H and O–H groups in total. The third-order valence-corrected chi connectivity index (χ3v) is 7.48. The van der Waals surface area contributed by atoms with Gasteiger partial charge in [0.05, 0.1) is 4.88 Å². The Morgan fingerprint density at radius 3 is 2.12 bits per heavy atom. The van der Waals surface area contributed by atoms with Gasteiger partial charge < -0.3 is 0 Å². The normalized spacial score (nSPS) is 11.4. The summed E-state index contributed by atoms with van der Waals surface area (Å²) < 4.78 is 0. The van der Waals surface area contributed by atoms with Gasteiger partial charge in [0.2, 0.25) is 0 Å². The molecule has 4 rings (SSSR count). The first kappa shape index (κ1) is 16.5. The highest BCUT2D eigenvalue weighted by Gasteiger charge is 2.12. The first-order valence-corrected chi connectivity index (χ1v) is 10.6. The van der Waals surface area contributed by atoms with Crippen molar-refractivity contribution in [3.63, 3.8) is 0 Å². The van der Waals surface area contributed by atoms with E-state index in [0.717, 1.165) is 0 Å². The van der Waals surface area contributed by atoms with Gasteiger partial charge in [-0.1, -0.05) is 42.5 Å². The Morgan fingerprint density at radius 1 is 0.640 bits per heavy atom. The molecule has 0 nitrogen and oxygen atoms in total. The lowest BCUT2D eigenvalue weighted by Crippen LogP contribution is -1.72. The van der Waals surface area contributed by atoms with E-state index in [0.29, 0.717) is 0 Å². The van der Waals surface area contributed by atoms with Crippen LogP contribution < -0.4 is 0 Å². The SMILES string of the molecule is Cc1ccc(-c2ccc(-c3sc(C)cc3/C=C/c3ccccc3)s2)s1. The number of benzene rings is 1. The fourth-order valence-electron chi connectivity index (χ4n) is 2.76. The summed E-state index contributed by atoms with van der Waals surface area (Å²) in [6.45, 7) is 4.35. The van der Waals surface area contributed by atoms with E-state index in [9.17, 15) is 0 Å². The van der Waals surface area contributed by atoms with Crippen molar-refractivity contribution in [1.29, 1.82) is 0 Å². The molecule has 124 valence electrons. The van der Waals surface area contributed by atoms with Gasteiger partial charge in [-0.2, -0.15) is 0 Å². The second kappa shape index (κ2) is 7.12. The van der Waals surface area contributed by atoms with Gasteiger partial charge in [0.1, 0.15) is 0 Å². The number of thiophene rings is 3. The lowest BCUT2D eigenvalue weighted by atomic mass is 10.1. The predicted octanol–water partition coefficient (Wildman–Crippen LogP) is 7.99. The van der Waals surface area contributed by atoms with Crippen LogP contribution in [-0.2, 0) is 0 Å². The van der Waals surface area contributed by atoms with Crippen molar-refractivity contribution in [2.45, 2.75) is 13.8 Å². The number of hydrogen-bond acceptors (Lipinski definition) is 3. The summed E-state index contributed by atoms with van der Waals surface area (Å²) in [6, 6.07) is 21.7. The molecule has 3 heteroatoms. The van der Waals surface area contributed by atoms with Crippen LogP contribution >= 0.6 is 34.0 Å². The lowest BCUT2D eigenvalue weighted by molar-refractivity contribution is 1.62. The van der Waals surface area contributed by atoms with E-state index in [1.54, 1.807) is 0 Å². The summed E-state index contributed by atoms with van der Waals surface area (Å²) in [5, 5.41) is 0. The van der Waals surface area contributed by atoms with E-state index < -0.39 is 0 Å². The standard InChI is InChI=1S/C22H18S3/c1-15-8-11-19(23-15)20-12-13-21(25-20)22-18(14-16(2)24-22)10-9-17-6-4-3-5-7-17/h3-14H,1-2H3/b10-9+. The van der Waals surface area contributed by atoms with Crippen molar-refractivity contribution in [2.75, 3.05) is 0 Å². The molecule has 0 saturated carbocycles. The molecule has 4 aromatic rings. The van der Waals surface area contributed by atoms with Crippen LogP contribution in [0.3, 0.4) is 0 Å². The molecule has 3 heterocycles. The first-order chi connectivity index (χ1) is 12.2. The van der Waals surface area contributed by atoms with E-state index in [1.807, 2.05) is 34.0 Å². The van der Waals surface area contributed by atoms with E-state index in [-0.39, 0.29) is 0 Å². The lowest BCUT2D eigenvalue weighted by Gasteiger charge is -1.97. The highest BCUT2D eigenvalue weighted by molar-refractivity contribution is 7.26. The summed E-state index contributed by atoms with van der Waals surface area (Å²) in [5.74, 6) is 0. The van der Waals surface area contributed by atoms with Crippen LogP contribution in [0, 0.1) is 13.8 Å². The molecular formula is C22H18S3. The van der Waals surface area contributed by atoms with Crippen molar-refractivity contribution >= 4 is 46.2 Å². The maximum Gasteiger partial charge on any atom is 0.0517 e. The third-order valence-electron chi connectivity index (χ3n) is 3.95. The molecule has 0 aliphatic carbocycles. The van der Waals surface area contributed by atoms with Gasteiger partial charge in [-0.3, -0.25) is 0 Å². The molecule has 0 amide bonds. The van der Waals surface area contributed by atoms with Crippen LogP contribution in [0.15, 0.2) is 60.7 Å². The fraction of sp³-hybridized carbons (Fsp3) is 0.0909. The number of rotatable bonds is 4. The molecule has 0 aliphatic heterocycles. The van der Waals surface area contributed by atoms with E-state index in [4.69, 9.17) is 0 Å². The highest BCUT2D eigenvalue weighted by atomic mass is 32.1. The quantitative estimate of drug-likeness (QED) is 0.337. The zero-order valence-electron chi connectivity index (χ0n) is 14.2. The van der Waals surface area contributed by atoms with Gasteiger partial charge in [0.15, 0.2) is 0 Å². The predicted molar refractivity (Wildman–Crippen MR) is 116 cm³/mol. The van der Waals surface area contributed by atoms with Gasteiger partial charge in [-0.15, -0.1) is 34.0 Å². The molecule has 0 fully saturated rings. The highest BCUT2D eigenvalue weighted by Crippen LogP contribution is 2.42. The van der Waals surface area contributed by atoms with Crippen LogP contribution in [0.5, 0.6) is 0 Å². The maximum absolute atomic E-state index is 2.29. The molecule has 3 aromatic heterocycles. The molecule has 0 atom stereocenters. The molecule has 0 radical (unpaired) electrons. The van der Waals surface area contributed by atoms with Gasteiger partial charge in [0.25, 0.3) is 0 Å². The Morgan fingerprint density at radius 2 is 1.36 bits per heavy atom. The number of aryl methyl sites for hydroxylation is 2. The fourth-order valence-corrected chi connectivity index (χ4v) is 5.86. The summed E-state index contributed by atoms with van der Waals surface area (Å²) in [7, 11) is 0. The Kier molecular flexibility index (Phi) is 4.71. The zero-order valence-corrected chi connectivity index (χ0v) is 16.6. The van der Waals surface area contributed by atoms with E-state index >= 15 is 0 Å². The van der Waals surface area contributed by atoms with Crippen LogP contribution in [0.25, 0.3) is 31.7 Å². The van der Waals surface area contributed by atoms with Crippen LogP contribution in [0.4, 0.5) is 0 Å². The minimum Gasteiger partial charge on any atom is -0.140 e. The molecule has 0 spiro atoms. The zero-order chi connectivity index (χ0) is 17.2. The molecule has 0 saturated heterocycles. The summed E-state index contributed by atoms with van der Waals surface area (Å²) in [5.41, 5.74) is 2.54. The second-order valence-corrected chi connectivity index (χ2v) is 9.59. The van der Waals surface area contributed by atoms with E-state index in [2.05, 4.69) is 86.7 Å². The number of hydrogen-bond donors (Lipinski definition) is 0. The van der Waals surface area contributed by atoms with Gasteiger partial charge in [-0.25, -0.2) is 0 Å². The van der Waals surface area contributed by atoms with Gasteiger partial charge >= 0.3 is 0 Å². The third kappa shape index (κ3) is 3.69. The minimum atomic E-state index is 1.23. The minimum absolute atomic E-state index is 1.23. The van der Waals surface area contributed by atoms with Crippen molar-refractivity contribution in [3.8, 4) is 19.5 Å². The topological polar surface area (TPSA) is 0 Å². The molecule has 0 aliphatic rings. The van der Waals surface area contributed by atoms with Crippen LogP contribution in [-0.4, -0.2) is 0 Å². The smallest absolute Gasteiger partial charge is 0.0517 e. The summed E-state index contributed by atoms with van der Waals surface area (Å²) >= 11 is 5.63. The molecule has 0 bridgehead atoms. The molecular weight excluding hydrogens is 360 g/mol. The summed E-state index contributed by atoms with van der Waals surface area (Å²) in [6.07, 6.45) is 4.44. The van der Waals surface area contributed by atoms with Crippen molar-refractivity contribution in [1.82, 2.24) is 0 Å². The van der Waals surface area contributed by atoms with Crippen LogP contribution in [0.1, 0.15) is 20.9 Å². The Balaban J connectivity index is 1.67. The molecule has 25 heavy (non-hydrogen) atoms. The summed E-state index contributed by atoms with van der Waals surface area (Å²) in [4.78, 5) is 8.16. The van der Waals surface area contributed by atoms with E-state index in [1.165, 1.54) is 40.4 Å². The van der Waals surface area contributed by atoms with Crippen LogP contribution in [0.2, 0.25) is 0 Å². The van der Waals surface area contributed by atoms with Gasteiger partial charge in [0, 0.05) is 24.4 Å². The van der Waals surface area contributed by atoms with Crippen molar-refractivity contribution < 1.29 is 0 Å². The van der Waals surface area contributed by atoms with Gasteiger partial charge in [-0.05, 0) is 55.3 Å². The largest absolute Gasteiger partial charge is 0.140 e. The molecule has 1 aromatic carbocycles. The second-order valence-electron chi connectivity index (χ2n) is 5.96. The Labute approximate surface area is 160 Å². The Hall–Kier alpha value is -1.94. The Bertz CT molecular complexity index is 1010. The first-order valence-electron chi connectivity index (χ1n) is 8.19. The van der Waals surface area contributed by atoms with Crippen molar-refractivity contribution in [2.24, 2.45) is 0 Å². The average Bonchev–Trinajstić information content (AvgIpc) is 3.33. The average molecular weight is 379 g/mol. The maximum atomic E-state index is 2.29. The van der Waals surface area contributed by atoms with Crippen molar-refractivity contribution in [3.05, 3.63) is 81.5 Å². The monoisotopic (exact) mass is 378 g/mol.